The van der Waals surface area contributed by atoms with Gasteiger partial charge in [0.2, 0.25) is 0 Å². The van der Waals surface area contributed by atoms with Crippen LogP contribution >= 0.6 is 0 Å². The van der Waals surface area contributed by atoms with Gasteiger partial charge in [-0.05, 0) is 31.2 Å². The van der Waals surface area contributed by atoms with E-state index in [0.29, 0.717) is 23.9 Å². The lowest BCUT2D eigenvalue weighted by molar-refractivity contribution is 0.310. The number of methoxy groups -OCH3 is 1. The molecule has 0 atom stereocenters. The average Bonchev–Trinajstić information content (AvgIpc) is 2.50. The van der Waals surface area contributed by atoms with Crippen LogP contribution in [0.3, 0.4) is 0 Å². The van der Waals surface area contributed by atoms with E-state index >= 15 is 0 Å². The normalized spacial score (nSPS) is 10.5. The Morgan fingerprint density at radius 3 is 2.85 bits per heavy atom. The predicted octanol–water partition coefficient (Wildman–Crippen LogP) is 2.93. The Bertz CT molecular complexity index is 571. The van der Waals surface area contributed by atoms with Crippen LogP contribution in [0, 0.1) is 0 Å². The van der Waals surface area contributed by atoms with E-state index < -0.39 is 0 Å². The molecule has 20 heavy (non-hydrogen) atoms. The monoisotopic (exact) mass is 271 g/mol. The van der Waals surface area contributed by atoms with E-state index in [9.17, 15) is 0 Å². The summed E-state index contributed by atoms with van der Waals surface area (Å²) in [5.41, 5.74) is 3.70. The molecule has 0 saturated heterocycles. The van der Waals surface area contributed by atoms with Crippen LogP contribution in [0.4, 0.5) is 5.82 Å². The molecule has 1 aromatic carbocycles. The minimum atomic E-state index is 0.564. The lowest BCUT2D eigenvalue weighted by Gasteiger charge is -2.11. The summed E-state index contributed by atoms with van der Waals surface area (Å²) in [4.78, 5) is 4.12. The minimum absolute atomic E-state index is 0.564. The third kappa shape index (κ3) is 3.47. The SMILES string of the molecule is CCOc1c(/C=N/Nc2ccccn2)cccc1OC. The van der Waals surface area contributed by atoms with Gasteiger partial charge >= 0.3 is 0 Å². The highest BCUT2D eigenvalue weighted by Crippen LogP contribution is 2.29. The van der Waals surface area contributed by atoms with Crippen molar-refractivity contribution in [3.8, 4) is 11.5 Å². The molecule has 104 valence electrons. The van der Waals surface area contributed by atoms with Crippen molar-refractivity contribution < 1.29 is 9.47 Å². The van der Waals surface area contributed by atoms with Gasteiger partial charge in [-0.2, -0.15) is 5.10 Å². The summed E-state index contributed by atoms with van der Waals surface area (Å²) in [5.74, 6) is 2.06. The van der Waals surface area contributed by atoms with E-state index in [2.05, 4.69) is 15.5 Å². The molecule has 1 N–H and O–H groups in total. The van der Waals surface area contributed by atoms with Crippen LogP contribution in [0.25, 0.3) is 0 Å². The molecule has 1 aromatic heterocycles. The van der Waals surface area contributed by atoms with Crippen molar-refractivity contribution in [2.45, 2.75) is 6.92 Å². The van der Waals surface area contributed by atoms with E-state index in [4.69, 9.17) is 9.47 Å². The molecule has 5 heteroatoms. The largest absolute Gasteiger partial charge is 0.493 e. The lowest BCUT2D eigenvalue weighted by atomic mass is 10.2. The van der Waals surface area contributed by atoms with Gasteiger partial charge < -0.3 is 9.47 Å². The molecule has 0 bridgehead atoms. The third-order valence-electron chi connectivity index (χ3n) is 2.57. The zero-order valence-corrected chi connectivity index (χ0v) is 11.5. The number of rotatable bonds is 6. The van der Waals surface area contributed by atoms with E-state index in [1.807, 2.05) is 43.3 Å². The van der Waals surface area contributed by atoms with Gasteiger partial charge in [-0.15, -0.1) is 0 Å². The molecule has 0 aliphatic rings. The second-order valence-electron chi connectivity index (χ2n) is 3.90. The summed E-state index contributed by atoms with van der Waals surface area (Å²) in [6, 6.07) is 11.2. The van der Waals surface area contributed by atoms with Crippen molar-refractivity contribution >= 4 is 12.0 Å². The van der Waals surface area contributed by atoms with Crippen molar-refractivity contribution in [3.05, 3.63) is 48.2 Å². The van der Waals surface area contributed by atoms with Gasteiger partial charge in [-0.1, -0.05) is 12.1 Å². The summed E-state index contributed by atoms with van der Waals surface area (Å²) in [6.45, 7) is 2.49. The van der Waals surface area contributed by atoms with Crippen molar-refractivity contribution in [1.29, 1.82) is 0 Å². The smallest absolute Gasteiger partial charge is 0.169 e. The first-order valence-corrected chi connectivity index (χ1v) is 6.35. The number of para-hydroxylation sites is 1. The number of pyridine rings is 1. The number of ether oxygens (including phenoxy) is 2. The molecule has 0 spiro atoms. The molecular formula is C15H17N3O2. The molecule has 0 unspecified atom stereocenters. The molecule has 0 saturated carbocycles. The van der Waals surface area contributed by atoms with Crippen molar-refractivity contribution in [2.24, 2.45) is 5.10 Å². The number of benzene rings is 1. The first-order chi connectivity index (χ1) is 9.85. The highest BCUT2D eigenvalue weighted by Gasteiger charge is 2.08. The Morgan fingerprint density at radius 2 is 2.15 bits per heavy atom. The highest BCUT2D eigenvalue weighted by atomic mass is 16.5. The van der Waals surface area contributed by atoms with Crippen LogP contribution in [-0.2, 0) is 0 Å². The minimum Gasteiger partial charge on any atom is -0.493 e. The molecule has 0 aliphatic heterocycles. The molecular weight excluding hydrogens is 254 g/mol. The summed E-state index contributed by atoms with van der Waals surface area (Å²) >= 11 is 0. The first-order valence-electron chi connectivity index (χ1n) is 6.35. The molecule has 2 rings (SSSR count). The topological polar surface area (TPSA) is 55.7 Å². The van der Waals surface area contributed by atoms with E-state index in [-0.39, 0.29) is 0 Å². The molecule has 0 radical (unpaired) electrons. The number of nitrogens with one attached hydrogen (secondary N) is 1. The van der Waals surface area contributed by atoms with Gasteiger partial charge in [-0.3, -0.25) is 5.43 Å². The fourth-order valence-electron chi connectivity index (χ4n) is 1.69. The Kier molecular flexibility index (Phi) is 4.94. The zero-order chi connectivity index (χ0) is 14.2. The molecule has 5 nitrogen and oxygen atoms in total. The maximum atomic E-state index is 5.60. The van der Waals surface area contributed by atoms with Gasteiger partial charge in [0.15, 0.2) is 11.5 Å². The van der Waals surface area contributed by atoms with Crippen LogP contribution in [0.1, 0.15) is 12.5 Å². The molecule has 0 amide bonds. The van der Waals surface area contributed by atoms with E-state index in [0.717, 1.165) is 5.56 Å². The van der Waals surface area contributed by atoms with Crippen LogP contribution in [0.15, 0.2) is 47.7 Å². The van der Waals surface area contributed by atoms with Crippen molar-refractivity contribution in [1.82, 2.24) is 4.98 Å². The fourth-order valence-corrected chi connectivity index (χ4v) is 1.69. The van der Waals surface area contributed by atoms with Crippen LogP contribution < -0.4 is 14.9 Å². The lowest BCUT2D eigenvalue weighted by Crippen LogP contribution is -2.00. The zero-order valence-electron chi connectivity index (χ0n) is 11.5. The number of hydrogen-bond acceptors (Lipinski definition) is 5. The van der Waals surface area contributed by atoms with Crippen molar-refractivity contribution in [2.75, 3.05) is 19.1 Å². The second-order valence-corrected chi connectivity index (χ2v) is 3.90. The van der Waals surface area contributed by atoms with Crippen LogP contribution in [-0.4, -0.2) is 24.9 Å². The third-order valence-corrected chi connectivity index (χ3v) is 2.57. The molecule has 0 aliphatic carbocycles. The maximum absolute atomic E-state index is 5.60. The van der Waals surface area contributed by atoms with Gasteiger partial charge in [0, 0.05) is 11.8 Å². The fraction of sp³-hybridized carbons (Fsp3) is 0.200. The first kappa shape index (κ1) is 13.9. The van der Waals surface area contributed by atoms with Crippen LogP contribution in [0.5, 0.6) is 11.5 Å². The summed E-state index contributed by atoms with van der Waals surface area (Å²) in [6.07, 6.45) is 3.39. The Hall–Kier alpha value is -2.56. The average molecular weight is 271 g/mol. The standard InChI is InChI=1S/C15H17N3O2/c1-3-20-15-12(7-6-8-13(15)19-2)11-17-18-14-9-4-5-10-16-14/h4-11H,3H2,1-2H3,(H,16,18)/b17-11+. The Balaban J connectivity index is 2.16. The number of anilines is 1. The Morgan fingerprint density at radius 1 is 1.25 bits per heavy atom. The van der Waals surface area contributed by atoms with Gasteiger partial charge in [-0.25, -0.2) is 4.98 Å². The van der Waals surface area contributed by atoms with Crippen molar-refractivity contribution in [3.63, 3.8) is 0 Å². The van der Waals surface area contributed by atoms with E-state index in [1.54, 1.807) is 19.5 Å². The molecule has 0 fully saturated rings. The number of aromatic nitrogens is 1. The Labute approximate surface area is 118 Å². The van der Waals surface area contributed by atoms with Crippen LogP contribution in [0.2, 0.25) is 0 Å². The maximum Gasteiger partial charge on any atom is 0.169 e. The van der Waals surface area contributed by atoms with Gasteiger partial charge in [0.05, 0.1) is 19.9 Å². The number of nitrogens with zero attached hydrogens (tertiary/aromatic N) is 2. The molecule has 1 heterocycles. The summed E-state index contributed by atoms with van der Waals surface area (Å²) in [7, 11) is 1.62. The predicted molar refractivity (Wildman–Crippen MR) is 79.6 cm³/mol. The number of hydrazone groups is 1. The number of hydrogen-bond donors (Lipinski definition) is 1. The summed E-state index contributed by atoms with van der Waals surface area (Å²) < 4.78 is 10.9. The van der Waals surface area contributed by atoms with Gasteiger partial charge in [0.1, 0.15) is 5.82 Å². The van der Waals surface area contributed by atoms with E-state index in [1.165, 1.54) is 0 Å². The summed E-state index contributed by atoms with van der Waals surface area (Å²) in [5, 5.41) is 4.16. The highest BCUT2D eigenvalue weighted by molar-refractivity contribution is 5.85. The van der Waals surface area contributed by atoms with Gasteiger partial charge in [0.25, 0.3) is 0 Å². The molecule has 2 aromatic rings. The quantitative estimate of drug-likeness (QED) is 0.648. The second kappa shape index (κ2) is 7.13.